The molecule has 0 fully saturated rings. The van der Waals surface area contributed by atoms with Crippen LogP contribution in [0.25, 0.3) is 0 Å². The molecule has 0 aliphatic rings. The molecule has 0 atom stereocenters. The summed E-state index contributed by atoms with van der Waals surface area (Å²) in [7, 11) is 0. The first-order chi connectivity index (χ1) is 5.78. The van der Waals surface area contributed by atoms with Crippen LogP contribution < -0.4 is 0 Å². The fraction of sp³-hybridized carbons (Fsp3) is 0.500. The molecule has 10 nitrogen and oxygen atoms in total. The van der Waals surface area contributed by atoms with Gasteiger partial charge in [-0.1, -0.05) is 0 Å². The topological polar surface area (TPSA) is 227 Å². The van der Waals surface area contributed by atoms with E-state index in [-0.39, 0.29) is 57.0 Å². The quantitative estimate of drug-likeness (QED) is 0.367. The first-order valence-corrected chi connectivity index (χ1v) is 3.17. The predicted octanol–water partition coefficient (Wildman–Crippen LogP) is -3.88. The van der Waals surface area contributed by atoms with E-state index in [1.54, 1.807) is 0 Å². The van der Waals surface area contributed by atoms with Gasteiger partial charge in [0.15, 0.2) is 5.60 Å². The van der Waals surface area contributed by atoms with Crippen LogP contribution in [0.5, 0.6) is 0 Å². The number of carboxylic acid groups (broad SMARTS) is 3. The molecule has 10 N–H and O–H groups in total. The van der Waals surface area contributed by atoms with Crippen molar-refractivity contribution in [1.29, 1.82) is 0 Å². The van der Waals surface area contributed by atoms with Gasteiger partial charge in [-0.3, -0.25) is 9.59 Å². The molecule has 0 aromatic rings. The molecule has 0 heterocycles. The van der Waals surface area contributed by atoms with Crippen molar-refractivity contribution >= 4 is 55.6 Å². The molecule has 0 spiro atoms. The van der Waals surface area contributed by atoms with Crippen LogP contribution in [0.1, 0.15) is 15.7 Å². The van der Waals surface area contributed by atoms with Crippen molar-refractivity contribution in [3.63, 3.8) is 0 Å². The van der Waals surface area contributed by atoms with Crippen molar-refractivity contribution in [2.45, 2.75) is 18.4 Å². The third-order valence-electron chi connectivity index (χ3n) is 1.29. The number of aliphatic carboxylic acids is 3. The summed E-state index contributed by atoms with van der Waals surface area (Å²) in [4.78, 5) is 30.5. The summed E-state index contributed by atoms with van der Waals surface area (Å²) in [5.74, 6) is -5.02. The van der Waals surface area contributed by atoms with Crippen LogP contribution in [0.2, 0.25) is 0 Å². The Morgan fingerprint density at radius 1 is 0.882 bits per heavy atom. The third kappa shape index (κ3) is 11.8. The zero-order valence-corrected chi connectivity index (χ0v) is 10.8. The van der Waals surface area contributed by atoms with E-state index in [2.05, 4.69) is 0 Å². The molecular weight excluding hydrogens is 272 g/mol. The Labute approximate surface area is 128 Å². The molecule has 0 aromatic carbocycles. The van der Waals surface area contributed by atoms with E-state index in [0.29, 0.717) is 0 Å². The van der Waals surface area contributed by atoms with Crippen molar-refractivity contribution in [3.05, 3.63) is 0 Å². The normalized spacial score (nSPS) is 8.29. The van der Waals surface area contributed by atoms with Crippen molar-refractivity contribution < 1.29 is 54.1 Å². The number of carbonyl (C=O) groups is 3. The van der Waals surface area contributed by atoms with Crippen molar-refractivity contribution in [2.24, 2.45) is 0 Å². The van der Waals surface area contributed by atoms with Gasteiger partial charge in [-0.25, -0.2) is 4.79 Å². The van der Waals surface area contributed by atoms with Gasteiger partial charge in [-0.2, -0.15) is 0 Å². The molecule has 0 radical (unpaired) electrons. The molecule has 102 valence electrons. The van der Waals surface area contributed by atoms with E-state index in [0.717, 1.165) is 0 Å². The molecule has 0 aliphatic heterocycles. The molecule has 0 aliphatic carbocycles. The Kier molecular flexibility index (Phi) is 21.1. The van der Waals surface area contributed by atoms with Gasteiger partial charge < -0.3 is 39.7 Å². The summed E-state index contributed by atoms with van der Waals surface area (Å²) in [5.41, 5.74) is -2.74. The standard InChI is InChI=1S/C6H8O7.Ca.3H2O.2H/c7-3(8)1-6(13,5(11)12)2-4(9)10;;;;;;/h13H,1-2H2,(H,7,8)(H,9,10)(H,11,12);;3*1H2;;/q;+2;;;;2*-1. The second kappa shape index (κ2) is 12.0. The zero-order chi connectivity index (χ0) is 10.6. The molecule has 0 amide bonds. The van der Waals surface area contributed by atoms with Crippen LogP contribution in [-0.2, 0) is 14.4 Å². The molecule has 0 bridgehead atoms. The van der Waals surface area contributed by atoms with Crippen LogP contribution in [0, 0.1) is 0 Å². The first kappa shape index (κ1) is 30.0. The van der Waals surface area contributed by atoms with Crippen molar-refractivity contribution in [3.8, 4) is 0 Å². The van der Waals surface area contributed by atoms with Gasteiger partial charge in [0, 0.05) is 0 Å². The summed E-state index contributed by atoms with van der Waals surface area (Å²) >= 11 is 0. The maximum atomic E-state index is 10.3. The van der Waals surface area contributed by atoms with Gasteiger partial charge in [0.25, 0.3) is 0 Å². The first-order valence-electron chi connectivity index (χ1n) is 3.17. The van der Waals surface area contributed by atoms with E-state index in [4.69, 9.17) is 20.4 Å². The van der Waals surface area contributed by atoms with Crippen LogP contribution >= 0.6 is 0 Å². The second-order valence-corrected chi connectivity index (χ2v) is 2.48. The van der Waals surface area contributed by atoms with E-state index in [9.17, 15) is 14.4 Å². The molecule has 0 unspecified atom stereocenters. The van der Waals surface area contributed by atoms with E-state index in [1.165, 1.54) is 0 Å². The average molecular weight is 288 g/mol. The van der Waals surface area contributed by atoms with E-state index >= 15 is 0 Å². The fourth-order valence-electron chi connectivity index (χ4n) is 0.714. The predicted molar refractivity (Wildman–Crippen MR) is 55.9 cm³/mol. The van der Waals surface area contributed by atoms with Gasteiger partial charge >= 0.3 is 55.6 Å². The zero-order valence-electron chi connectivity index (χ0n) is 10.6. The minimum absolute atomic E-state index is 0. The Morgan fingerprint density at radius 3 is 1.24 bits per heavy atom. The average Bonchev–Trinajstić information content (AvgIpc) is 1.82. The Balaban J connectivity index is -0.0000000480. The van der Waals surface area contributed by atoms with E-state index < -0.39 is 36.4 Å². The van der Waals surface area contributed by atoms with Crippen LogP contribution in [-0.4, -0.2) is 98.1 Å². The largest absolute Gasteiger partial charge is 2.00 e. The summed E-state index contributed by atoms with van der Waals surface area (Å²) in [6.45, 7) is 0. The van der Waals surface area contributed by atoms with Gasteiger partial charge in [0.2, 0.25) is 0 Å². The summed E-state index contributed by atoms with van der Waals surface area (Å²) < 4.78 is 0. The Morgan fingerprint density at radius 2 is 1.12 bits per heavy atom. The van der Waals surface area contributed by atoms with Crippen LogP contribution in [0.3, 0.4) is 0 Å². The van der Waals surface area contributed by atoms with Crippen LogP contribution in [0.4, 0.5) is 0 Å². The maximum absolute atomic E-state index is 10.3. The minimum atomic E-state index is -2.74. The molecule has 0 saturated heterocycles. The summed E-state index contributed by atoms with van der Waals surface area (Å²) in [6, 6.07) is 0. The number of hydrogen-bond acceptors (Lipinski definition) is 4. The molecule has 17 heavy (non-hydrogen) atoms. The number of rotatable bonds is 5. The van der Waals surface area contributed by atoms with Crippen molar-refractivity contribution in [2.75, 3.05) is 0 Å². The van der Waals surface area contributed by atoms with Gasteiger partial charge in [-0.05, 0) is 0 Å². The fourth-order valence-corrected chi connectivity index (χ4v) is 0.714. The van der Waals surface area contributed by atoms with E-state index in [1.807, 2.05) is 0 Å². The number of carboxylic acids is 3. The minimum Gasteiger partial charge on any atom is -1.00 e. The van der Waals surface area contributed by atoms with Gasteiger partial charge in [-0.15, -0.1) is 0 Å². The summed E-state index contributed by atoms with van der Waals surface area (Å²) in [6.07, 6.45) is -2.29. The smallest absolute Gasteiger partial charge is 1.00 e. The Hall–Kier alpha value is -0.490. The number of hydrogen-bond donors (Lipinski definition) is 4. The SMILES string of the molecule is O.O.O.O=C(O)CC(O)(CC(=O)O)C(=O)O.[Ca+2].[H-].[H-]. The molecule has 0 aromatic heterocycles. The van der Waals surface area contributed by atoms with Gasteiger partial charge in [0.1, 0.15) is 0 Å². The molecule has 11 heteroatoms. The van der Waals surface area contributed by atoms with Crippen molar-refractivity contribution in [1.82, 2.24) is 0 Å². The molecule has 0 rings (SSSR count). The van der Waals surface area contributed by atoms with Gasteiger partial charge in [0.05, 0.1) is 12.8 Å². The summed E-state index contributed by atoms with van der Waals surface area (Å²) in [5, 5.41) is 33.8. The maximum Gasteiger partial charge on any atom is 2.00 e. The monoisotopic (exact) mass is 288 g/mol. The second-order valence-electron chi connectivity index (χ2n) is 2.48. The molecule has 0 saturated carbocycles. The van der Waals surface area contributed by atoms with Crippen LogP contribution in [0.15, 0.2) is 0 Å². The molecular formula is C6H16CaO10. The third-order valence-corrected chi connectivity index (χ3v) is 1.29. The number of aliphatic hydroxyl groups is 1. The Bertz CT molecular complexity index is 244.